The van der Waals surface area contributed by atoms with E-state index in [0.717, 1.165) is 23.1 Å². The minimum absolute atomic E-state index is 0.00414. The Morgan fingerprint density at radius 1 is 1.08 bits per heavy atom. The van der Waals surface area contributed by atoms with Crippen LogP contribution in [0.3, 0.4) is 0 Å². The van der Waals surface area contributed by atoms with Crippen molar-refractivity contribution in [1.82, 2.24) is 4.90 Å². The summed E-state index contributed by atoms with van der Waals surface area (Å²) in [5.74, 6) is -1.44. The van der Waals surface area contributed by atoms with E-state index in [2.05, 4.69) is 0 Å². The van der Waals surface area contributed by atoms with Crippen molar-refractivity contribution in [2.75, 3.05) is 0 Å². The summed E-state index contributed by atoms with van der Waals surface area (Å²) in [5, 5.41) is 10.4. The zero-order chi connectivity index (χ0) is 26.0. The number of nitro groups is 1. The number of halogens is 2. The second-order valence-corrected chi connectivity index (χ2v) is 10.3. The quantitative estimate of drug-likeness (QED) is 0.166. The van der Waals surface area contributed by atoms with Crippen molar-refractivity contribution in [2.45, 2.75) is 11.4 Å². The second-order valence-electron chi connectivity index (χ2n) is 7.33. The van der Waals surface area contributed by atoms with Crippen molar-refractivity contribution in [3.8, 4) is 5.75 Å². The smallest absolute Gasteiger partial charge is 0.339 e. The summed E-state index contributed by atoms with van der Waals surface area (Å²) >= 11 is 6.64. The third kappa shape index (κ3) is 5.40. The third-order valence-electron chi connectivity index (χ3n) is 4.93. The molecular formula is C23H14ClFN2O7S2. The molecule has 1 aliphatic heterocycles. The molecule has 3 aromatic rings. The van der Waals surface area contributed by atoms with Crippen molar-refractivity contribution in [2.24, 2.45) is 0 Å². The number of benzene rings is 3. The normalized spacial score (nSPS) is 14.9. The molecule has 184 valence electrons. The molecule has 4 rings (SSSR count). The van der Waals surface area contributed by atoms with Crippen LogP contribution in [0.5, 0.6) is 5.75 Å². The maximum atomic E-state index is 14.1. The predicted molar refractivity (Wildman–Crippen MR) is 130 cm³/mol. The Labute approximate surface area is 213 Å². The van der Waals surface area contributed by atoms with E-state index in [1.807, 2.05) is 0 Å². The molecule has 1 saturated heterocycles. The molecule has 0 spiro atoms. The third-order valence-corrected chi connectivity index (χ3v) is 7.44. The molecule has 0 atom stereocenters. The number of carbonyl (C=O) groups is 2. The van der Waals surface area contributed by atoms with E-state index in [1.54, 1.807) is 6.07 Å². The van der Waals surface area contributed by atoms with Crippen molar-refractivity contribution in [3.05, 3.63) is 104 Å². The lowest BCUT2D eigenvalue weighted by molar-refractivity contribution is -0.385. The fraction of sp³-hybridized carbons (Fsp3) is 0.0435. The molecule has 0 N–H and O–H groups in total. The lowest BCUT2D eigenvalue weighted by Crippen LogP contribution is -2.28. The summed E-state index contributed by atoms with van der Waals surface area (Å²) in [7, 11) is -4.39. The van der Waals surface area contributed by atoms with E-state index in [1.165, 1.54) is 48.5 Å². The Hall–Kier alpha value is -3.74. The first kappa shape index (κ1) is 25.4. The number of amides is 2. The van der Waals surface area contributed by atoms with Crippen LogP contribution in [0.1, 0.15) is 11.1 Å². The maximum Gasteiger partial charge on any atom is 0.339 e. The number of nitrogens with zero attached hydrogens (tertiary/aromatic N) is 2. The van der Waals surface area contributed by atoms with Gasteiger partial charge in [0.15, 0.2) is 0 Å². The lowest BCUT2D eigenvalue weighted by Gasteiger charge is -2.14. The first-order chi connectivity index (χ1) is 17.0. The van der Waals surface area contributed by atoms with Crippen LogP contribution in [0.4, 0.5) is 14.9 Å². The fourth-order valence-corrected chi connectivity index (χ4v) is 5.24. The number of nitro benzene ring substituents is 1. The van der Waals surface area contributed by atoms with Crippen LogP contribution in [0.2, 0.25) is 5.02 Å². The van der Waals surface area contributed by atoms with Gasteiger partial charge in [-0.15, -0.1) is 0 Å². The average Bonchev–Trinajstić information content (AvgIpc) is 3.08. The standard InChI is InChI=1S/C23H14ClFN2O7S2/c24-19-8-3-9-20(25)18(19)13-26-22(28)21(35-23(26)29)11-14-4-1-6-16(10-14)34-36(32,33)17-7-2-5-15(12-17)27(30)31/h1-12H,13H2/b21-11-. The molecule has 0 aromatic heterocycles. The molecule has 0 bridgehead atoms. The Morgan fingerprint density at radius 3 is 2.53 bits per heavy atom. The molecule has 2 amide bonds. The van der Waals surface area contributed by atoms with Crippen molar-refractivity contribution in [1.29, 1.82) is 0 Å². The molecule has 1 fully saturated rings. The van der Waals surface area contributed by atoms with Gasteiger partial charge in [0, 0.05) is 22.7 Å². The Bertz CT molecular complexity index is 1520. The first-order valence-electron chi connectivity index (χ1n) is 10.0. The van der Waals surface area contributed by atoms with E-state index in [0.29, 0.717) is 17.3 Å². The number of hydrogen-bond donors (Lipinski definition) is 0. The molecule has 13 heteroatoms. The zero-order valence-electron chi connectivity index (χ0n) is 18.0. The molecule has 0 aliphatic carbocycles. The van der Waals surface area contributed by atoms with E-state index in [-0.39, 0.29) is 27.8 Å². The molecule has 0 saturated carbocycles. The largest absolute Gasteiger partial charge is 0.379 e. The number of imide groups is 1. The number of rotatable bonds is 7. The van der Waals surface area contributed by atoms with E-state index < -0.39 is 42.6 Å². The SMILES string of the molecule is O=C1S/C(=C\c2cccc(OS(=O)(=O)c3cccc([N+](=O)[O-])c3)c2)C(=O)N1Cc1c(F)cccc1Cl. The molecule has 9 nitrogen and oxygen atoms in total. The minimum atomic E-state index is -4.39. The minimum Gasteiger partial charge on any atom is -0.379 e. The van der Waals surface area contributed by atoms with Gasteiger partial charge in [-0.25, -0.2) is 4.39 Å². The molecule has 1 heterocycles. The average molecular weight is 549 g/mol. The topological polar surface area (TPSA) is 124 Å². The van der Waals surface area contributed by atoms with Crippen molar-refractivity contribution < 1.29 is 31.5 Å². The van der Waals surface area contributed by atoms with Gasteiger partial charge in [0.2, 0.25) is 0 Å². The van der Waals surface area contributed by atoms with Crippen LogP contribution in [0, 0.1) is 15.9 Å². The summed E-state index contributed by atoms with van der Waals surface area (Å²) in [4.78, 5) is 35.9. The van der Waals surface area contributed by atoms with Crippen LogP contribution in [0.25, 0.3) is 6.08 Å². The monoisotopic (exact) mass is 548 g/mol. The zero-order valence-corrected chi connectivity index (χ0v) is 20.3. The Morgan fingerprint density at radius 2 is 1.81 bits per heavy atom. The highest BCUT2D eigenvalue weighted by Gasteiger charge is 2.36. The molecule has 0 radical (unpaired) electrons. The number of hydrogen-bond acceptors (Lipinski definition) is 8. The van der Waals surface area contributed by atoms with Crippen molar-refractivity contribution >= 4 is 56.4 Å². The van der Waals surface area contributed by atoms with Crippen LogP contribution in [0.15, 0.2) is 76.5 Å². The molecule has 36 heavy (non-hydrogen) atoms. The Balaban J connectivity index is 1.55. The van der Waals surface area contributed by atoms with E-state index >= 15 is 0 Å². The molecular weight excluding hydrogens is 535 g/mol. The fourth-order valence-electron chi connectivity index (χ4n) is 3.21. The highest BCUT2D eigenvalue weighted by Crippen LogP contribution is 2.35. The summed E-state index contributed by atoms with van der Waals surface area (Å²) < 4.78 is 44.4. The van der Waals surface area contributed by atoms with Gasteiger partial charge in [0.25, 0.3) is 16.8 Å². The van der Waals surface area contributed by atoms with Gasteiger partial charge < -0.3 is 4.18 Å². The highest BCUT2D eigenvalue weighted by molar-refractivity contribution is 8.18. The van der Waals surface area contributed by atoms with Crippen molar-refractivity contribution in [3.63, 3.8) is 0 Å². The summed E-state index contributed by atoms with van der Waals surface area (Å²) in [6.07, 6.45) is 1.36. The molecule has 3 aromatic carbocycles. The van der Waals surface area contributed by atoms with Gasteiger partial charge in [-0.3, -0.25) is 24.6 Å². The number of carbonyl (C=O) groups excluding carboxylic acids is 2. The van der Waals surface area contributed by atoms with Gasteiger partial charge in [0.1, 0.15) is 16.5 Å². The lowest BCUT2D eigenvalue weighted by atomic mass is 10.2. The second kappa shape index (κ2) is 10.1. The van der Waals surface area contributed by atoms with Crippen LogP contribution in [-0.4, -0.2) is 29.4 Å². The summed E-state index contributed by atoms with van der Waals surface area (Å²) in [6, 6.07) is 14.1. The summed E-state index contributed by atoms with van der Waals surface area (Å²) in [6.45, 7) is -0.349. The van der Waals surface area contributed by atoms with E-state index in [9.17, 15) is 32.5 Å². The molecule has 0 unspecified atom stereocenters. The Kier molecular flexibility index (Phi) is 7.11. The number of non-ortho nitro benzene ring substituents is 1. The summed E-state index contributed by atoms with van der Waals surface area (Å²) in [5.41, 5.74) is -0.0681. The highest BCUT2D eigenvalue weighted by atomic mass is 35.5. The van der Waals surface area contributed by atoms with Crippen LogP contribution >= 0.6 is 23.4 Å². The van der Waals surface area contributed by atoms with Gasteiger partial charge in [-0.2, -0.15) is 8.42 Å². The van der Waals surface area contributed by atoms with Gasteiger partial charge in [-0.1, -0.05) is 35.9 Å². The van der Waals surface area contributed by atoms with Crippen LogP contribution < -0.4 is 4.18 Å². The van der Waals surface area contributed by atoms with Gasteiger partial charge in [0.05, 0.1) is 16.4 Å². The van der Waals surface area contributed by atoms with Gasteiger partial charge >= 0.3 is 10.1 Å². The predicted octanol–water partition coefficient (Wildman–Crippen LogP) is 5.39. The maximum absolute atomic E-state index is 14.1. The molecule has 1 aliphatic rings. The number of thioether (sulfide) groups is 1. The van der Waals surface area contributed by atoms with Crippen LogP contribution in [-0.2, 0) is 21.5 Å². The van der Waals surface area contributed by atoms with Gasteiger partial charge in [-0.05, 0) is 53.7 Å². The first-order valence-corrected chi connectivity index (χ1v) is 12.6. The van der Waals surface area contributed by atoms with E-state index in [4.69, 9.17) is 15.8 Å².